The zero-order valence-electron chi connectivity index (χ0n) is 8.24. The molecule has 1 atom stereocenters. The number of nitrogens with zero attached hydrogens (tertiary/aromatic N) is 1. The standard InChI is InChI=1S/C9H11N3O3/c1-15-9(14)7-2-6-5(3-10-7)8(13)12-4-11-6/h4,7,10H,2-3H2,1H3,(H,11,12,13). The van der Waals surface area contributed by atoms with Crippen molar-refractivity contribution < 1.29 is 9.53 Å². The van der Waals surface area contributed by atoms with E-state index in [0.29, 0.717) is 24.2 Å². The number of carbonyl (C=O) groups excluding carboxylic acids is 1. The number of hydrogen-bond acceptors (Lipinski definition) is 5. The molecule has 0 amide bonds. The first kappa shape index (κ1) is 9.85. The van der Waals surface area contributed by atoms with Crippen LogP contribution in [0.5, 0.6) is 0 Å². The van der Waals surface area contributed by atoms with Gasteiger partial charge in [-0.2, -0.15) is 0 Å². The molecule has 2 N–H and O–H groups in total. The second-order valence-corrected chi connectivity index (χ2v) is 3.32. The lowest BCUT2D eigenvalue weighted by atomic mass is 10.0. The van der Waals surface area contributed by atoms with Gasteiger partial charge in [0.2, 0.25) is 0 Å². The van der Waals surface area contributed by atoms with Crippen molar-refractivity contribution in [2.45, 2.75) is 19.0 Å². The maximum Gasteiger partial charge on any atom is 0.323 e. The molecule has 0 aliphatic carbocycles. The van der Waals surface area contributed by atoms with Crippen LogP contribution in [0.1, 0.15) is 11.3 Å². The van der Waals surface area contributed by atoms with Gasteiger partial charge in [0.25, 0.3) is 5.56 Å². The smallest absolute Gasteiger partial charge is 0.323 e. The minimum Gasteiger partial charge on any atom is -0.468 e. The molecular weight excluding hydrogens is 198 g/mol. The minimum atomic E-state index is -0.406. The van der Waals surface area contributed by atoms with E-state index >= 15 is 0 Å². The zero-order valence-corrected chi connectivity index (χ0v) is 8.24. The predicted molar refractivity (Wildman–Crippen MR) is 51.2 cm³/mol. The number of aromatic amines is 1. The second kappa shape index (κ2) is 3.82. The molecule has 2 rings (SSSR count). The summed E-state index contributed by atoms with van der Waals surface area (Å²) in [7, 11) is 1.34. The highest BCUT2D eigenvalue weighted by atomic mass is 16.5. The number of rotatable bonds is 1. The molecule has 6 heteroatoms. The summed E-state index contributed by atoms with van der Waals surface area (Å²) in [6.45, 7) is 0.346. The number of hydrogen-bond donors (Lipinski definition) is 2. The normalized spacial score (nSPS) is 19.4. The Morgan fingerprint density at radius 2 is 2.47 bits per heavy atom. The highest BCUT2D eigenvalue weighted by Crippen LogP contribution is 2.10. The van der Waals surface area contributed by atoms with Gasteiger partial charge in [-0.3, -0.25) is 14.9 Å². The first-order valence-corrected chi connectivity index (χ1v) is 4.59. The van der Waals surface area contributed by atoms with Crippen LogP contribution >= 0.6 is 0 Å². The summed E-state index contributed by atoms with van der Waals surface area (Å²) < 4.78 is 4.62. The van der Waals surface area contributed by atoms with Crippen molar-refractivity contribution in [2.75, 3.05) is 7.11 Å². The summed E-state index contributed by atoms with van der Waals surface area (Å²) in [5.41, 5.74) is 1.10. The number of ether oxygens (including phenoxy) is 1. The summed E-state index contributed by atoms with van der Waals surface area (Å²) in [4.78, 5) is 29.2. The highest BCUT2D eigenvalue weighted by molar-refractivity contribution is 5.76. The zero-order chi connectivity index (χ0) is 10.8. The van der Waals surface area contributed by atoms with E-state index < -0.39 is 6.04 Å². The predicted octanol–water partition coefficient (Wildman–Crippen LogP) is -1.04. The Morgan fingerprint density at radius 3 is 3.20 bits per heavy atom. The molecule has 1 unspecified atom stereocenters. The van der Waals surface area contributed by atoms with Gasteiger partial charge in [0.15, 0.2) is 0 Å². The molecule has 15 heavy (non-hydrogen) atoms. The molecular formula is C9H11N3O3. The van der Waals surface area contributed by atoms with Crippen LogP contribution in [0.4, 0.5) is 0 Å². The third kappa shape index (κ3) is 1.75. The molecule has 1 aromatic rings. The van der Waals surface area contributed by atoms with Crippen LogP contribution in [-0.2, 0) is 22.5 Å². The molecule has 0 spiro atoms. The van der Waals surface area contributed by atoms with E-state index in [2.05, 4.69) is 20.0 Å². The number of carbonyl (C=O) groups is 1. The van der Waals surface area contributed by atoms with E-state index in [1.807, 2.05) is 0 Å². The van der Waals surface area contributed by atoms with Gasteiger partial charge in [-0.05, 0) is 0 Å². The Balaban J connectivity index is 2.28. The minimum absolute atomic E-state index is 0.157. The third-order valence-corrected chi connectivity index (χ3v) is 2.45. The average Bonchev–Trinajstić information content (AvgIpc) is 2.28. The number of nitrogens with one attached hydrogen (secondary N) is 2. The molecule has 0 fully saturated rings. The lowest BCUT2D eigenvalue weighted by Crippen LogP contribution is -2.44. The van der Waals surface area contributed by atoms with E-state index in [0.717, 1.165) is 0 Å². The van der Waals surface area contributed by atoms with Crippen molar-refractivity contribution >= 4 is 5.97 Å². The van der Waals surface area contributed by atoms with Crippen molar-refractivity contribution in [3.05, 3.63) is 27.9 Å². The number of H-pyrrole nitrogens is 1. The molecule has 80 valence electrons. The second-order valence-electron chi connectivity index (χ2n) is 3.32. The fourth-order valence-corrected chi connectivity index (χ4v) is 1.62. The Hall–Kier alpha value is -1.69. The number of methoxy groups -OCH3 is 1. The van der Waals surface area contributed by atoms with Gasteiger partial charge in [-0.1, -0.05) is 0 Å². The highest BCUT2D eigenvalue weighted by Gasteiger charge is 2.26. The SMILES string of the molecule is COC(=O)C1Cc2nc[nH]c(=O)c2CN1. The summed E-state index contributed by atoms with van der Waals surface area (Å²) in [5, 5.41) is 2.93. The quantitative estimate of drug-likeness (QED) is 0.577. The van der Waals surface area contributed by atoms with Crippen LogP contribution < -0.4 is 10.9 Å². The Kier molecular flexibility index (Phi) is 2.51. The van der Waals surface area contributed by atoms with Gasteiger partial charge in [-0.15, -0.1) is 0 Å². The summed E-state index contributed by atoms with van der Waals surface area (Å²) in [6, 6.07) is -0.406. The first-order valence-electron chi connectivity index (χ1n) is 4.59. The molecule has 2 heterocycles. The fourth-order valence-electron chi connectivity index (χ4n) is 1.62. The molecule has 1 aromatic heterocycles. The summed E-state index contributed by atoms with van der Waals surface area (Å²) in [5.74, 6) is -0.331. The van der Waals surface area contributed by atoms with E-state index in [1.54, 1.807) is 0 Å². The molecule has 0 radical (unpaired) electrons. The Morgan fingerprint density at radius 1 is 1.67 bits per heavy atom. The van der Waals surface area contributed by atoms with Gasteiger partial charge in [-0.25, -0.2) is 4.98 Å². The van der Waals surface area contributed by atoms with Crippen LogP contribution in [-0.4, -0.2) is 29.1 Å². The van der Waals surface area contributed by atoms with Crippen molar-refractivity contribution in [1.82, 2.24) is 15.3 Å². The molecule has 1 aliphatic heterocycles. The van der Waals surface area contributed by atoms with Crippen LogP contribution in [0.25, 0.3) is 0 Å². The van der Waals surface area contributed by atoms with E-state index in [-0.39, 0.29) is 11.5 Å². The molecule has 0 saturated heterocycles. The van der Waals surface area contributed by atoms with Crippen LogP contribution in [0.15, 0.2) is 11.1 Å². The maximum atomic E-state index is 11.4. The monoisotopic (exact) mass is 209 g/mol. The van der Waals surface area contributed by atoms with Gasteiger partial charge in [0, 0.05) is 13.0 Å². The van der Waals surface area contributed by atoms with Crippen molar-refractivity contribution in [3.8, 4) is 0 Å². The summed E-state index contributed by atoms with van der Waals surface area (Å²) in [6.07, 6.45) is 1.74. The molecule has 0 saturated carbocycles. The van der Waals surface area contributed by atoms with Gasteiger partial charge < -0.3 is 9.72 Å². The van der Waals surface area contributed by atoms with Gasteiger partial charge >= 0.3 is 5.97 Å². The third-order valence-electron chi connectivity index (χ3n) is 2.45. The van der Waals surface area contributed by atoms with Crippen LogP contribution in [0.3, 0.4) is 0 Å². The van der Waals surface area contributed by atoms with Crippen LogP contribution in [0, 0.1) is 0 Å². The van der Waals surface area contributed by atoms with Crippen LogP contribution in [0.2, 0.25) is 0 Å². The Labute approximate surface area is 85.7 Å². The largest absolute Gasteiger partial charge is 0.468 e. The molecule has 0 aromatic carbocycles. The van der Waals surface area contributed by atoms with Crippen molar-refractivity contribution in [2.24, 2.45) is 0 Å². The molecule has 0 bridgehead atoms. The maximum absolute atomic E-state index is 11.4. The lowest BCUT2D eigenvalue weighted by Gasteiger charge is -2.22. The van der Waals surface area contributed by atoms with E-state index in [4.69, 9.17) is 0 Å². The lowest BCUT2D eigenvalue weighted by molar-refractivity contribution is -0.143. The summed E-state index contributed by atoms with van der Waals surface area (Å²) >= 11 is 0. The van der Waals surface area contributed by atoms with Crippen molar-refractivity contribution in [1.29, 1.82) is 0 Å². The molecule has 6 nitrogen and oxygen atoms in total. The first-order chi connectivity index (χ1) is 7.22. The molecule has 1 aliphatic rings. The number of aromatic nitrogens is 2. The van der Waals surface area contributed by atoms with Crippen molar-refractivity contribution in [3.63, 3.8) is 0 Å². The topological polar surface area (TPSA) is 84.1 Å². The van der Waals surface area contributed by atoms with E-state index in [1.165, 1.54) is 13.4 Å². The Bertz CT molecular complexity index is 440. The van der Waals surface area contributed by atoms with Gasteiger partial charge in [0.1, 0.15) is 6.04 Å². The number of esters is 1. The fraction of sp³-hybridized carbons (Fsp3) is 0.444. The average molecular weight is 209 g/mol. The van der Waals surface area contributed by atoms with E-state index in [9.17, 15) is 9.59 Å². The number of fused-ring (bicyclic) bond motifs is 1. The van der Waals surface area contributed by atoms with Gasteiger partial charge in [0.05, 0.1) is 24.7 Å².